The summed E-state index contributed by atoms with van der Waals surface area (Å²) >= 11 is 1.50. The highest BCUT2D eigenvalue weighted by molar-refractivity contribution is 7.09. The van der Waals surface area contributed by atoms with Gasteiger partial charge in [-0.1, -0.05) is 6.07 Å². The third-order valence-electron chi connectivity index (χ3n) is 2.77. The average Bonchev–Trinajstić information content (AvgIpc) is 2.95. The average molecular weight is 297 g/mol. The second-order valence-electron chi connectivity index (χ2n) is 4.08. The van der Waals surface area contributed by atoms with Crippen molar-refractivity contribution in [3.63, 3.8) is 0 Å². The highest BCUT2D eigenvalue weighted by atomic mass is 32.1. The maximum Gasteiger partial charge on any atom is 0.327 e. The molecule has 1 heterocycles. The zero-order valence-electron chi connectivity index (χ0n) is 10.7. The molecule has 1 atom stereocenters. The smallest absolute Gasteiger partial charge is 0.327 e. The predicted octanol–water partition coefficient (Wildman–Crippen LogP) is 3.03. The molecular weight excluding hydrogens is 284 g/mol. The molecule has 1 aromatic carbocycles. The molecule has 1 unspecified atom stereocenters. The molecule has 20 heavy (non-hydrogen) atoms. The Morgan fingerprint density at radius 1 is 1.40 bits per heavy atom. The van der Waals surface area contributed by atoms with Crippen LogP contribution in [0.25, 0.3) is 0 Å². The molecule has 2 aromatic rings. The van der Waals surface area contributed by atoms with Crippen molar-refractivity contribution in [2.75, 3.05) is 7.11 Å². The Morgan fingerprint density at radius 3 is 2.85 bits per heavy atom. The number of thiophene rings is 1. The second-order valence-corrected chi connectivity index (χ2v) is 5.11. The lowest BCUT2D eigenvalue weighted by molar-refractivity contribution is -0.143. The molecule has 0 amide bonds. The van der Waals surface area contributed by atoms with Gasteiger partial charge in [0, 0.05) is 17.0 Å². The van der Waals surface area contributed by atoms with E-state index in [0.717, 1.165) is 23.1 Å². The molecule has 0 aliphatic heterocycles. The van der Waals surface area contributed by atoms with Crippen molar-refractivity contribution in [2.24, 2.45) is 0 Å². The van der Waals surface area contributed by atoms with Crippen LogP contribution in [-0.4, -0.2) is 13.1 Å². The molecule has 0 bridgehead atoms. The van der Waals surface area contributed by atoms with Gasteiger partial charge in [0.2, 0.25) is 0 Å². The molecule has 1 N–H and O–H groups in total. The first-order valence-corrected chi connectivity index (χ1v) is 6.78. The highest BCUT2D eigenvalue weighted by Gasteiger charge is 2.24. The van der Waals surface area contributed by atoms with Gasteiger partial charge in [0.05, 0.1) is 7.11 Å². The van der Waals surface area contributed by atoms with Crippen LogP contribution in [0.3, 0.4) is 0 Å². The van der Waals surface area contributed by atoms with E-state index in [2.05, 4.69) is 10.1 Å². The summed E-state index contributed by atoms with van der Waals surface area (Å²) in [6.07, 6.45) is 0. The van der Waals surface area contributed by atoms with Gasteiger partial charge in [-0.15, -0.1) is 11.3 Å². The minimum absolute atomic E-state index is 0.0617. The summed E-state index contributed by atoms with van der Waals surface area (Å²) in [7, 11) is 1.21. The quantitative estimate of drug-likeness (QED) is 0.862. The Balaban J connectivity index is 2.22. The fourth-order valence-electron chi connectivity index (χ4n) is 1.79. The van der Waals surface area contributed by atoms with Crippen molar-refractivity contribution < 1.29 is 18.3 Å². The third kappa shape index (κ3) is 3.40. The lowest BCUT2D eigenvalue weighted by Gasteiger charge is -2.17. The molecule has 0 spiro atoms. The second kappa shape index (κ2) is 6.58. The summed E-state index contributed by atoms with van der Waals surface area (Å²) in [6, 6.07) is 5.71. The van der Waals surface area contributed by atoms with Crippen LogP contribution in [0.15, 0.2) is 35.7 Å². The third-order valence-corrected chi connectivity index (χ3v) is 3.64. The zero-order chi connectivity index (χ0) is 14.5. The van der Waals surface area contributed by atoms with Crippen LogP contribution < -0.4 is 5.32 Å². The lowest BCUT2D eigenvalue weighted by Crippen LogP contribution is -2.30. The highest BCUT2D eigenvalue weighted by Crippen LogP contribution is 2.21. The first kappa shape index (κ1) is 14.6. The van der Waals surface area contributed by atoms with Crippen LogP contribution in [0.2, 0.25) is 0 Å². The van der Waals surface area contributed by atoms with Gasteiger partial charge in [-0.2, -0.15) is 0 Å². The predicted molar refractivity (Wildman–Crippen MR) is 72.3 cm³/mol. The topological polar surface area (TPSA) is 38.3 Å². The first-order chi connectivity index (χ1) is 9.61. The maximum atomic E-state index is 13.8. The molecule has 6 heteroatoms. The van der Waals surface area contributed by atoms with E-state index in [-0.39, 0.29) is 5.56 Å². The summed E-state index contributed by atoms with van der Waals surface area (Å²) in [5.74, 6) is -1.92. The Labute approximate surface area is 119 Å². The number of nitrogens with one attached hydrogen (secondary N) is 1. The number of carbonyl (C=O) groups is 1. The SMILES string of the molecule is COC(=O)C(NCc1cccs1)c1cc(F)ccc1F. The molecule has 106 valence electrons. The summed E-state index contributed by atoms with van der Waals surface area (Å²) in [5, 5.41) is 4.78. The number of hydrogen-bond acceptors (Lipinski definition) is 4. The van der Waals surface area contributed by atoms with Crippen LogP contribution in [0, 0.1) is 11.6 Å². The lowest BCUT2D eigenvalue weighted by atomic mass is 10.1. The Morgan fingerprint density at radius 2 is 2.20 bits per heavy atom. The van der Waals surface area contributed by atoms with Crippen LogP contribution >= 0.6 is 11.3 Å². The Bertz CT molecular complexity index is 587. The van der Waals surface area contributed by atoms with E-state index in [4.69, 9.17) is 0 Å². The monoisotopic (exact) mass is 297 g/mol. The molecule has 0 saturated carbocycles. The minimum atomic E-state index is -1.04. The summed E-state index contributed by atoms with van der Waals surface area (Å²) in [5.41, 5.74) is -0.0617. The Kier molecular flexibility index (Phi) is 4.81. The van der Waals surface area contributed by atoms with Crippen molar-refractivity contribution in [2.45, 2.75) is 12.6 Å². The van der Waals surface area contributed by atoms with Crippen molar-refractivity contribution in [3.8, 4) is 0 Å². The summed E-state index contributed by atoms with van der Waals surface area (Å²) in [4.78, 5) is 12.7. The fraction of sp³-hybridized carbons (Fsp3) is 0.214. The van der Waals surface area contributed by atoms with Crippen LogP contribution in [0.5, 0.6) is 0 Å². The van der Waals surface area contributed by atoms with Gasteiger partial charge in [-0.05, 0) is 29.6 Å². The summed E-state index contributed by atoms with van der Waals surface area (Å²) in [6.45, 7) is 0.368. The molecule has 0 saturated heterocycles. The van der Waals surface area contributed by atoms with E-state index < -0.39 is 23.6 Å². The molecular formula is C14H13F2NO2S. The number of methoxy groups -OCH3 is 1. The number of benzene rings is 1. The van der Waals surface area contributed by atoms with E-state index >= 15 is 0 Å². The Hall–Kier alpha value is -1.79. The molecule has 3 nitrogen and oxygen atoms in total. The number of halogens is 2. The van der Waals surface area contributed by atoms with Crippen LogP contribution in [0.1, 0.15) is 16.5 Å². The van der Waals surface area contributed by atoms with Crippen molar-refractivity contribution >= 4 is 17.3 Å². The van der Waals surface area contributed by atoms with Gasteiger partial charge in [0.25, 0.3) is 0 Å². The van der Waals surface area contributed by atoms with E-state index in [1.165, 1.54) is 18.4 Å². The van der Waals surface area contributed by atoms with E-state index in [9.17, 15) is 13.6 Å². The number of rotatable bonds is 5. The van der Waals surface area contributed by atoms with Crippen molar-refractivity contribution in [1.82, 2.24) is 5.32 Å². The molecule has 1 aromatic heterocycles. The van der Waals surface area contributed by atoms with E-state index in [1.54, 1.807) is 0 Å². The molecule has 0 aliphatic rings. The minimum Gasteiger partial charge on any atom is -0.468 e. The van der Waals surface area contributed by atoms with Gasteiger partial charge < -0.3 is 4.74 Å². The fourth-order valence-corrected chi connectivity index (χ4v) is 2.45. The van der Waals surface area contributed by atoms with Gasteiger partial charge >= 0.3 is 5.97 Å². The molecule has 2 rings (SSSR count). The van der Waals surface area contributed by atoms with Gasteiger partial charge in [0.1, 0.15) is 17.7 Å². The van der Waals surface area contributed by atoms with Crippen LogP contribution in [0.4, 0.5) is 8.78 Å². The number of ether oxygens (including phenoxy) is 1. The van der Waals surface area contributed by atoms with Crippen LogP contribution in [-0.2, 0) is 16.1 Å². The standard InChI is InChI=1S/C14H13F2NO2S/c1-19-14(18)13(17-8-10-3-2-6-20-10)11-7-9(15)4-5-12(11)16/h2-7,13,17H,8H2,1H3. The van der Waals surface area contributed by atoms with E-state index in [1.807, 2.05) is 17.5 Å². The molecule has 0 fully saturated rings. The van der Waals surface area contributed by atoms with Crippen molar-refractivity contribution in [1.29, 1.82) is 0 Å². The number of esters is 1. The van der Waals surface area contributed by atoms with Crippen molar-refractivity contribution in [3.05, 3.63) is 57.8 Å². The number of hydrogen-bond donors (Lipinski definition) is 1. The molecule has 0 aliphatic carbocycles. The summed E-state index contributed by atoms with van der Waals surface area (Å²) < 4.78 is 31.7. The van der Waals surface area contributed by atoms with E-state index in [0.29, 0.717) is 6.54 Å². The maximum absolute atomic E-state index is 13.8. The van der Waals surface area contributed by atoms with Gasteiger partial charge in [-0.3, -0.25) is 5.32 Å². The molecule has 0 radical (unpaired) electrons. The zero-order valence-corrected chi connectivity index (χ0v) is 11.5. The number of carbonyl (C=O) groups excluding carboxylic acids is 1. The first-order valence-electron chi connectivity index (χ1n) is 5.90. The van der Waals surface area contributed by atoms with Gasteiger partial charge in [-0.25, -0.2) is 13.6 Å². The largest absolute Gasteiger partial charge is 0.468 e. The van der Waals surface area contributed by atoms with Gasteiger partial charge in [0.15, 0.2) is 0 Å². The normalized spacial score (nSPS) is 12.2.